The number of ether oxygens (including phenoxy) is 2. The normalized spacial score (nSPS) is 25.6. The number of carbonyl (C=O) groups excluding carboxylic acids is 1. The second-order valence-electron chi connectivity index (χ2n) is 7.25. The maximum Gasteiger partial charge on any atom is 0.183 e. The lowest BCUT2D eigenvalue weighted by molar-refractivity contribution is -0.246. The van der Waals surface area contributed by atoms with Crippen LogP contribution in [0.4, 0.5) is 0 Å². The molecule has 0 spiro atoms. The Bertz CT molecular complexity index is 332. The third-order valence-corrected chi connectivity index (χ3v) is 10.7. The Balaban J connectivity index is 3.06. The molecule has 0 N–H and O–H groups in total. The molecule has 1 heterocycles. The fourth-order valence-electron chi connectivity index (χ4n) is 2.34. The molecule has 1 fully saturated rings. The zero-order valence-electron chi connectivity index (χ0n) is 13.1. The van der Waals surface area contributed by atoms with Gasteiger partial charge in [-0.2, -0.15) is 0 Å². The standard InChI is InChI=1S/C14H28O3Si/c1-10(2)13(3,4)18(7,8)12-11(15)9-16-14(5,6)17-12/h10,12H,9H2,1-8H3/t12-/m0/s1. The van der Waals surface area contributed by atoms with Crippen molar-refractivity contribution in [3.8, 4) is 0 Å². The molecule has 1 atom stereocenters. The van der Waals surface area contributed by atoms with E-state index < -0.39 is 13.9 Å². The van der Waals surface area contributed by atoms with Crippen LogP contribution in [-0.2, 0) is 14.3 Å². The predicted octanol–water partition coefficient (Wildman–Crippen LogP) is 3.39. The van der Waals surface area contributed by atoms with Gasteiger partial charge in [-0.15, -0.1) is 0 Å². The molecule has 0 saturated carbocycles. The monoisotopic (exact) mass is 272 g/mol. The second-order valence-corrected chi connectivity index (χ2v) is 12.5. The van der Waals surface area contributed by atoms with E-state index >= 15 is 0 Å². The number of rotatable bonds is 3. The molecule has 0 aliphatic carbocycles. The van der Waals surface area contributed by atoms with Crippen LogP contribution < -0.4 is 0 Å². The van der Waals surface area contributed by atoms with Gasteiger partial charge in [0.2, 0.25) is 0 Å². The van der Waals surface area contributed by atoms with Crippen molar-refractivity contribution in [2.75, 3.05) is 6.61 Å². The lowest BCUT2D eigenvalue weighted by Gasteiger charge is -2.50. The van der Waals surface area contributed by atoms with Gasteiger partial charge in [-0.3, -0.25) is 4.79 Å². The van der Waals surface area contributed by atoms with Gasteiger partial charge in [-0.25, -0.2) is 0 Å². The molecule has 3 nitrogen and oxygen atoms in total. The Morgan fingerprint density at radius 1 is 1.33 bits per heavy atom. The van der Waals surface area contributed by atoms with Gasteiger partial charge < -0.3 is 9.47 Å². The van der Waals surface area contributed by atoms with Gasteiger partial charge >= 0.3 is 0 Å². The summed E-state index contributed by atoms with van der Waals surface area (Å²) >= 11 is 0. The van der Waals surface area contributed by atoms with E-state index in [9.17, 15) is 4.79 Å². The summed E-state index contributed by atoms with van der Waals surface area (Å²) in [7, 11) is -1.90. The quantitative estimate of drug-likeness (QED) is 0.739. The highest BCUT2D eigenvalue weighted by Gasteiger charge is 2.53. The van der Waals surface area contributed by atoms with Crippen LogP contribution in [0.3, 0.4) is 0 Å². The zero-order chi connectivity index (χ0) is 14.4. The van der Waals surface area contributed by atoms with Crippen molar-refractivity contribution < 1.29 is 14.3 Å². The van der Waals surface area contributed by atoms with E-state index in [2.05, 4.69) is 40.8 Å². The Morgan fingerprint density at radius 2 is 1.83 bits per heavy atom. The number of hydrogen-bond acceptors (Lipinski definition) is 3. The first kappa shape index (κ1) is 15.9. The molecular formula is C14H28O3Si. The molecule has 1 saturated heterocycles. The van der Waals surface area contributed by atoms with E-state index in [1.54, 1.807) is 0 Å². The first-order valence-electron chi connectivity index (χ1n) is 6.76. The van der Waals surface area contributed by atoms with E-state index in [0.29, 0.717) is 5.92 Å². The average Bonchev–Trinajstić information content (AvgIpc) is 2.21. The summed E-state index contributed by atoms with van der Waals surface area (Å²) in [4.78, 5) is 12.2. The summed E-state index contributed by atoms with van der Waals surface area (Å²) in [6.07, 6.45) is 0. The molecule has 0 aromatic heterocycles. The summed E-state index contributed by atoms with van der Waals surface area (Å²) in [5, 5.41) is 0.140. The van der Waals surface area contributed by atoms with Crippen molar-refractivity contribution in [2.24, 2.45) is 5.92 Å². The van der Waals surface area contributed by atoms with Crippen molar-refractivity contribution >= 4 is 13.9 Å². The second kappa shape index (κ2) is 4.73. The van der Waals surface area contributed by atoms with Gasteiger partial charge in [0.05, 0.1) is 8.07 Å². The predicted molar refractivity (Wildman–Crippen MR) is 76.3 cm³/mol. The minimum atomic E-state index is -1.90. The number of carbonyl (C=O) groups is 1. The molecule has 0 bridgehead atoms. The van der Waals surface area contributed by atoms with Gasteiger partial charge in [0.15, 0.2) is 11.6 Å². The fraction of sp³-hybridized carbons (Fsp3) is 0.929. The van der Waals surface area contributed by atoms with Crippen LogP contribution >= 0.6 is 0 Å². The van der Waals surface area contributed by atoms with Crippen LogP contribution in [0.25, 0.3) is 0 Å². The van der Waals surface area contributed by atoms with Gasteiger partial charge in [-0.1, -0.05) is 40.8 Å². The van der Waals surface area contributed by atoms with Crippen molar-refractivity contribution in [1.29, 1.82) is 0 Å². The van der Waals surface area contributed by atoms with Crippen molar-refractivity contribution in [1.82, 2.24) is 0 Å². The van der Waals surface area contributed by atoms with Crippen LogP contribution in [0.15, 0.2) is 0 Å². The summed E-state index contributed by atoms with van der Waals surface area (Å²) in [6, 6.07) is 0. The van der Waals surface area contributed by atoms with Crippen molar-refractivity contribution in [2.45, 2.75) is 71.2 Å². The van der Waals surface area contributed by atoms with E-state index in [1.165, 1.54) is 0 Å². The highest BCUT2D eigenvalue weighted by Crippen LogP contribution is 2.47. The van der Waals surface area contributed by atoms with E-state index in [0.717, 1.165) is 0 Å². The molecule has 0 amide bonds. The lowest BCUT2D eigenvalue weighted by atomic mass is 9.99. The molecule has 0 aromatic carbocycles. The van der Waals surface area contributed by atoms with E-state index in [-0.39, 0.29) is 23.2 Å². The highest BCUT2D eigenvalue weighted by molar-refractivity contribution is 6.84. The molecule has 1 aliphatic heterocycles. The van der Waals surface area contributed by atoms with Crippen LogP contribution in [0.2, 0.25) is 18.1 Å². The highest BCUT2D eigenvalue weighted by atomic mass is 28.3. The maximum atomic E-state index is 12.2. The van der Waals surface area contributed by atoms with Gasteiger partial charge in [-0.05, 0) is 24.8 Å². The molecule has 18 heavy (non-hydrogen) atoms. The topological polar surface area (TPSA) is 35.5 Å². The van der Waals surface area contributed by atoms with Crippen LogP contribution in [0.1, 0.15) is 41.5 Å². The third-order valence-electron chi connectivity index (χ3n) is 5.02. The van der Waals surface area contributed by atoms with Gasteiger partial charge in [0.25, 0.3) is 0 Å². The molecule has 1 rings (SSSR count). The number of hydrogen-bond donors (Lipinski definition) is 0. The molecule has 0 unspecified atom stereocenters. The third kappa shape index (κ3) is 2.70. The Kier molecular flexibility index (Phi) is 4.17. The molecule has 0 aromatic rings. The Morgan fingerprint density at radius 3 is 2.28 bits per heavy atom. The fourth-order valence-corrected chi connectivity index (χ4v) is 5.97. The molecular weight excluding hydrogens is 244 g/mol. The van der Waals surface area contributed by atoms with Crippen LogP contribution in [0.5, 0.6) is 0 Å². The zero-order valence-corrected chi connectivity index (χ0v) is 14.1. The van der Waals surface area contributed by atoms with E-state index in [1.807, 2.05) is 13.8 Å². The van der Waals surface area contributed by atoms with Crippen molar-refractivity contribution in [3.63, 3.8) is 0 Å². The smallest absolute Gasteiger partial charge is 0.183 e. The summed E-state index contributed by atoms with van der Waals surface area (Å²) in [6.45, 7) is 17.5. The first-order valence-corrected chi connectivity index (χ1v) is 9.84. The SMILES string of the molecule is CC(C)C(C)(C)[Si](C)(C)[C@@H]1OC(C)(C)OCC1=O. The van der Waals surface area contributed by atoms with Crippen molar-refractivity contribution in [3.05, 3.63) is 0 Å². The van der Waals surface area contributed by atoms with Crippen LogP contribution in [0, 0.1) is 5.92 Å². The first-order chi connectivity index (χ1) is 7.92. The minimum Gasteiger partial charge on any atom is -0.343 e. The average molecular weight is 272 g/mol. The lowest BCUT2D eigenvalue weighted by Crippen LogP contribution is -2.62. The number of Topliss-reactive ketones (excluding diaryl/α,β-unsaturated/α-hetero) is 1. The van der Waals surface area contributed by atoms with E-state index in [4.69, 9.17) is 9.47 Å². The summed E-state index contributed by atoms with van der Waals surface area (Å²) in [5.74, 6) is -0.00291. The minimum absolute atomic E-state index is 0.111. The Hall–Kier alpha value is -0.193. The maximum absolute atomic E-state index is 12.2. The summed E-state index contributed by atoms with van der Waals surface area (Å²) in [5.41, 5.74) is -0.265. The number of ketones is 1. The molecule has 0 radical (unpaired) electrons. The Labute approximate surface area is 112 Å². The van der Waals surface area contributed by atoms with Gasteiger partial charge in [0, 0.05) is 0 Å². The van der Waals surface area contributed by atoms with Gasteiger partial charge in [0.1, 0.15) is 12.3 Å². The summed E-state index contributed by atoms with van der Waals surface area (Å²) < 4.78 is 11.4. The molecule has 106 valence electrons. The molecule has 1 aliphatic rings. The largest absolute Gasteiger partial charge is 0.343 e. The molecule has 4 heteroatoms. The van der Waals surface area contributed by atoms with Crippen LogP contribution in [-0.4, -0.2) is 32.0 Å².